The second-order valence-corrected chi connectivity index (χ2v) is 4.70. The highest BCUT2D eigenvalue weighted by molar-refractivity contribution is 5.21. The van der Waals surface area contributed by atoms with Crippen LogP contribution in [0.1, 0.15) is 24.4 Å². The lowest BCUT2D eigenvalue weighted by Crippen LogP contribution is -2.15. The van der Waals surface area contributed by atoms with Gasteiger partial charge in [-0.05, 0) is 62.7 Å². The summed E-state index contributed by atoms with van der Waals surface area (Å²) in [6.07, 6.45) is 1.99. The Morgan fingerprint density at radius 3 is 2.60 bits per heavy atom. The SMILES string of the molecule is Cc1ccc(CNCCCCOc2ccc(F)cc2)o1. The molecule has 0 saturated heterocycles. The highest BCUT2D eigenvalue weighted by Gasteiger charge is 1.98. The van der Waals surface area contributed by atoms with Crippen molar-refractivity contribution < 1.29 is 13.5 Å². The van der Waals surface area contributed by atoms with Crippen LogP contribution in [0.5, 0.6) is 5.75 Å². The maximum atomic E-state index is 12.7. The van der Waals surface area contributed by atoms with E-state index in [9.17, 15) is 4.39 Å². The zero-order valence-electron chi connectivity index (χ0n) is 11.7. The van der Waals surface area contributed by atoms with E-state index in [4.69, 9.17) is 9.15 Å². The molecule has 4 heteroatoms. The van der Waals surface area contributed by atoms with Gasteiger partial charge in [-0.3, -0.25) is 0 Å². The summed E-state index contributed by atoms with van der Waals surface area (Å²) in [6.45, 7) is 4.27. The van der Waals surface area contributed by atoms with Gasteiger partial charge in [0.25, 0.3) is 0 Å². The molecule has 0 unspecified atom stereocenters. The minimum Gasteiger partial charge on any atom is -0.494 e. The molecule has 1 heterocycles. The number of halogens is 1. The van der Waals surface area contributed by atoms with Crippen LogP contribution in [-0.2, 0) is 6.54 Å². The van der Waals surface area contributed by atoms with Crippen molar-refractivity contribution in [3.8, 4) is 5.75 Å². The number of nitrogens with one attached hydrogen (secondary N) is 1. The van der Waals surface area contributed by atoms with E-state index in [2.05, 4.69) is 5.32 Å². The summed E-state index contributed by atoms with van der Waals surface area (Å²) in [5, 5.41) is 3.32. The zero-order chi connectivity index (χ0) is 14.2. The molecule has 3 nitrogen and oxygen atoms in total. The van der Waals surface area contributed by atoms with Crippen LogP contribution in [-0.4, -0.2) is 13.2 Å². The minimum absolute atomic E-state index is 0.241. The van der Waals surface area contributed by atoms with Crippen molar-refractivity contribution in [3.05, 3.63) is 53.7 Å². The molecule has 0 radical (unpaired) electrons. The molecule has 1 aromatic heterocycles. The highest BCUT2D eigenvalue weighted by atomic mass is 19.1. The monoisotopic (exact) mass is 277 g/mol. The van der Waals surface area contributed by atoms with Crippen LogP contribution in [0.2, 0.25) is 0 Å². The summed E-state index contributed by atoms with van der Waals surface area (Å²) < 4.78 is 23.7. The van der Waals surface area contributed by atoms with Gasteiger partial charge in [-0.25, -0.2) is 4.39 Å². The molecule has 0 aliphatic heterocycles. The van der Waals surface area contributed by atoms with Crippen molar-refractivity contribution in [2.24, 2.45) is 0 Å². The first-order valence-corrected chi connectivity index (χ1v) is 6.88. The molecule has 0 atom stereocenters. The normalized spacial score (nSPS) is 10.7. The molecule has 0 amide bonds. The first-order chi connectivity index (χ1) is 9.74. The van der Waals surface area contributed by atoms with Gasteiger partial charge in [-0.1, -0.05) is 0 Å². The van der Waals surface area contributed by atoms with Gasteiger partial charge < -0.3 is 14.5 Å². The largest absolute Gasteiger partial charge is 0.494 e. The smallest absolute Gasteiger partial charge is 0.123 e. The lowest BCUT2D eigenvalue weighted by atomic mass is 10.3. The summed E-state index contributed by atoms with van der Waals surface area (Å²) in [5.41, 5.74) is 0. The predicted molar refractivity (Wildman–Crippen MR) is 76.3 cm³/mol. The Hall–Kier alpha value is -1.81. The molecular formula is C16H20FNO2. The molecule has 0 aliphatic rings. The zero-order valence-corrected chi connectivity index (χ0v) is 11.7. The second-order valence-electron chi connectivity index (χ2n) is 4.70. The van der Waals surface area contributed by atoms with Crippen molar-refractivity contribution in [1.82, 2.24) is 5.32 Å². The van der Waals surface area contributed by atoms with E-state index < -0.39 is 0 Å². The van der Waals surface area contributed by atoms with E-state index in [1.165, 1.54) is 12.1 Å². The molecule has 0 saturated carbocycles. The van der Waals surface area contributed by atoms with Crippen molar-refractivity contribution in [2.75, 3.05) is 13.2 Å². The number of ether oxygens (including phenoxy) is 1. The van der Waals surface area contributed by atoms with E-state index in [-0.39, 0.29) is 5.82 Å². The fourth-order valence-electron chi connectivity index (χ4n) is 1.86. The van der Waals surface area contributed by atoms with Crippen molar-refractivity contribution >= 4 is 0 Å². The fourth-order valence-corrected chi connectivity index (χ4v) is 1.86. The molecule has 2 aromatic rings. The van der Waals surface area contributed by atoms with Gasteiger partial charge in [0.15, 0.2) is 0 Å². The maximum Gasteiger partial charge on any atom is 0.123 e. The number of hydrogen-bond acceptors (Lipinski definition) is 3. The van der Waals surface area contributed by atoms with E-state index in [0.29, 0.717) is 12.4 Å². The lowest BCUT2D eigenvalue weighted by molar-refractivity contribution is 0.305. The van der Waals surface area contributed by atoms with Gasteiger partial charge in [0, 0.05) is 0 Å². The third-order valence-electron chi connectivity index (χ3n) is 2.93. The molecule has 20 heavy (non-hydrogen) atoms. The van der Waals surface area contributed by atoms with Crippen LogP contribution in [0.15, 0.2) is 40.8 Å². The van der Waals surface area contributed by atoms with Gasteiger partial charge in [0.1, 0.15) is 23.1 Å². The average molecular weight is 277 g/mol. The number of aryl methyl sites for hydroxylation is 1. The summed E-state index contributed by atoms with van der Waals surface area (Å²) in [7, 11) is 0. The predicted octanol–water partition coefficient (Wildman–Crippen LogP) is 3.68. The second kappa shape index (κ2) is 7.70. The van der Waals surface area contributed by atoms with Crippen LogP contribution in [0.25, 0.3) is 0 Å². The minimum atomic E-state index is -0.241. The number of rotatable bonds is 8. The third-order valence-corrected chi connectivity index (χ3v) is 2.93. The molecule has 0 spiro atoms. The standard InChI is InChI=1S/C16H20FNO2/c1-13-4-7-16(20-13)12-18-10-2-3-11-19-15-8-5-14(17)6-9-15/h4-9,18H,2-3,10-12H2,1H3. The molecule has 1 aromatic carbocycles. The van der Waals surface area contributed by atoms with Crippen LogP contribution in [0.3, 0.4) is 0 Å². The number of unbranched alkanes of at least 4 members (excludes halogenated alkanes) is 1. The van der Waals surface area contributed by atoms with Crippen LogP contribution in [0.4, 0.5) is 4.39 Å². The van der Waals surface area contributed by atoms with Crippen LogP contribution >= 0.6 is 0 Å². The molecule has 0 bridgehead atoms. The highest BCUT2D eigenvalue weighted by Crippen LogP contribution is 2.11. The molecule has 0 fully saturated rings. The van der Waals surface area contributed by atoms with Crippen molar-refractivity contribution in [1.29, 1.82) is 0 Å². The Morgan fingerprint density at radius 1 is 1.10 bits per heavy atom. The third kappa shape index (κ3) is 5.05. The number of hydrogen-bond donors (Lipinski definition) is 1. The average Bonchev–Trinajstić information content (AvgIpc) is 2.85. The van der Waals surface area contributed by atoms with Gasteiger partial charge in [0.05, 0.1) is 13.2 Å². The molecule has 0 aliphatic carbocycles. The number of benzene rings is 1. The molecule has 2 rings (SSSR count). The van der Waals surface area contributed by atoms with Gasteiger partial charge in [0.2, 0.25) is 0 Å². The van der Waals surface area contributed by atoms with E-state index in [1.54, 1.807) is 12.1 Å². The van der Waals surface area contributed by atoms with E-state index >= 15 is 0 Å². The summed E-state index contributed by atoms with van der Waals surface area (Å²) in [5.74, 6) is 2.37. The molecule has 1 N–H and O–H groups in total. The van der Waals surface area contributed by atoms with Gasteiger partial charge >= 0.3 is 0 Å². The Labute approximate surface area is 118 Å². The lowest BCUT2D eigenvalue weighted by Gasteiger charge is -2.06. The first kappa shape index (κ1) is 14.6. The van der Waals surface area contributed by atoms with Gasteiger partial charge in [-0.2, -0.15) is 0 Å². The summed E-state index contributed by atoms with van der Waals surface area (Å²) in [6, 6.07) is 10.1. The number of furan rings is 1. The summed E-state index contributed by atoms with van der Waals surface area (Å²) >= 11 is 0. The Kier molecular flexibility index (Phi) is 5.62. The van der Waals surface area contributed by atoms with Crippen molar-refractivity contribution in [2.45, 2.75) is 26.3 Å². The topological polar surface area (TPSA) is 34.4 Å². The fraction of sp³-hybridized carbons (Fsp3) is 0.375. The quantitative estimate of drug-likeness (QED) is 0.747. The van der Waals surface area contributed by atoms with E-state index in [1.807, 2.05) is 19.1 Å². The molecular weight excluding hydrogens is 257 g/mol. The summed E-state index contributed by atoms with van der Waals surface area (Å²) in [4.78, 5) is 0. The van der Waals surface area contributed by atoms with Crippen LogP contribution in [0, 0.1) is 12.7 Å². The maximum absolute atomic E-state index is 12.7. The van der Waals surface area contributed by atoms with Crippen molar-refractivity contribution in [3.63, 3.8) is 0 Å². The van der Waals surface area contributed by atoms with Gasteiger partial charge in [-0.15, -0.1) is 0 Å². The Balaban J connectivity index is 1.50. The van der Waals surface area contributed by atoms with E-state index in [0.717, 1.165) is 37.5 Å². The first-order valence-electron chi connectivity index (χ1n) is 6.88. The Morgan fingerprint density at radius 2 is 1.90 bits per heavy atom. The Bertz CT molecular complexity index is 507. The van der Waals surface area contributed by atoms with Crippen LogP contribution < -0.4 is 10.1 Å². The molecule has 108 valence electrons.